The van der Waals surface area contributed by atoms with Gasteiger partial charge in [0, 0.05) is 24.2 Å². The molecular weight excluding hydrogens is 256 g/mol. The Hall–Kier alpha value is -1.43. The molecule has 0 heterocycles. The zero-order valence-electron chi connectivity index (χ0n) is 12.3. The minimum atomic E-state index is -0.509. The first-order valence-electron chi connectivity index (χ1n) is 6.96. The summed E-state index contributed by atoms with van der Waals surface area (Å²) in [4.78, 5) is 12.0. The van der Waals surface area contributed by atoms with Gasteiger partial charge in [-0.15, -0.1) is 0 Å². The molecule has 0 radical (unpaired) electrons. The van der Waals surface area contributed by atoms with E-state index in [9.17, 15) is 10.0 Å². The van der Waals surface area contributed by atoms with Crippen molar-refractivity contribution >= 4 is 11.7 Å². The van der Waals surface area contributed by atoms with Gasteiger partial charge in [-0.3, -0.25) is 0 Å². The van der Waals surface area contributed by atoms with E-state index in [1.54, 1.807) is 18.2 Å². The Labute approximate surface area is 119 Å². The molecule has 0 atom stereocenters. The monoisotopic (exact) mass is 279 g/mol. The molecule has 0 amide bonds. The minimum absolute atomic E-state index is 0.338. The van der Waals surface area contributed by atoms with E-state index in [1.165, 1.54) is 12.8 Å². The van der Waals surface area contributed by atoms with Crippen LogP contribution in [0.25, 0.3) is 0 Å². The fourth-order valence-electron chi connectivity index (χ4n) is 1.89. The van der Waals surface area contributed by atoms with Gasteiger partial charge < -0.3 is 10.1 Å². The fraction of sp³-hybridized carbons (Fsp3) is 0.533. The lowest BCUT2D eigenvalue weighted by Crippen LogP contribution is -2.74. The van der Waals surface area contributed by atoms with E-state index in [4.69, 9.17) is 4.74 Å². The average Bonchev–Trinajstić information content (AvgIpc) is 3.18. The first-order chi connectivity index (χ1) is 9.39. The lowest BCUT2D eigenvalue weighted by Gasteiger charge is -2.19. The molecule has 20 heavy (non-hydrogen) atoms. The van der Waals surface area contributed by atoms with Crippen LogP contribution in [0.4, 0.5) is 5.69 Å². The molecule has 0 bridgehead atoms. The quantitative estimate of drug-likeness (QED) is 0.433. The molecule has 0 aromatic heterocycles. The number of quaternary nitrogens is 1. The van der Waals surface area contributed by atoms with Gasteiger partial charge in [-0.05, 0) is 45.7 Å². The van der Waals surface area contributed by atoms with Crippen molar-refractivity contribution in [1.29, 1.82) is 0 Å². The molecule has 1 aliphatic rings. The van der Waals surface area contributed by atoms with Crippen LogP contribution in [0.3, 0.4) is 0 Å². The van der Waals surface area contributed by atoms with E-state index in [0.717, 1.165) is 16.7 Å². The summed E-state index contributed by atoms with van der Waals surface area (Å²) in [5, 5.41) is 12.6. The molecule has 1 fully saturated rings. The second-order valence-corrected chi connectivity index (χ2v) is 6.20. The maximum absolute atomic E-state index is 12.0. The van der Waals surface area contributed by atoms with Gasteiger partial charge in [0.05, 0.1) is 5.56 Å². The van der Waals surface area contributed by atoms with Crippen LogP contribution in [0.1, 0.15) is 49.5 Å². The highest BCUT2D eigenvalue weighted by Gasteiger charge is 2.22. The topological polar surface area (TPSA) is 75.2 Å². The van der Waals surface area contributed by atoms with Gasteiger partial charge in [-0.2, -0.15) is 5.48 Å². The summed E-state index contributed by atoms with van der Waals surface area (Å²) in [5.41, 5.74) is 2.71. The predicted octanol–water partition coefficient (Wildman–Crippen LogP) is 1.48. The molecule has 0 unspecified atom stereocenters. The minimum Gasteiger partial charge on any atom is -0.456 e. The lowest BCUT2D eigenvalue weighted by molar-refractivity contribution is -0.826. The Morgan fingerprint density at radius 1 is 1.45 bits per heavy atom. The van der Waals surface area contributed by atoms with Crippen molar-refractivity contribution in [3.63, 3.8) is 0 Å². The molecule has 1 saturated carbocycles. The van der Waals surface area contributed by atoms with Gasteiger partial charge in [0.15, 0.2) is 5.69 Å². The summed E-state index contributed by atoms with van der Waals surface area (Å²) in [7, 11) is 0. The molecular formula is C15H23N2O3+. The molecule has 1 aromatic carbocycles. The molecule has 1 aromatic rings. The first-order valence-corrected chi connectivity index (χ1v) is 6.96. The molecule has 0 aliphatic heterocycles. The summed E-state index contributed by atoms with van der Waals surface area (Å²) in [6, 6.07) is 5.78. The number of rotatable bonds is 5. The van der Waals surface area contributed by atoms with Gasteiger partial charge in [-0.1, -0.05) is 0 Å². The molecule has 2 rings (SSSR count). The number of carbonyl (C=O) groups is 1. The second kappa shape index (κ2) is 5.91. The molecule has 5 heteroatoms. The van der Waals surface area contributed by atoms with Crippen LogP contribution >= 0.6 is 0 Å². The van der Waals surface area contributed by atoms with E-state index in [1.807, 2.05) is 20.8 Å². The van der Waals surface area contributed by atoms with Gasteiger partial charge in [0.1, 0.15) is 5.60 Å². The Morgan fingerprint density at radius 3 is 2.70 bits per heavy atom. The van der Waals surface area contributed by atoms with Crippen LogP contribution in [-0.4, -0.2) is 22.8 Å². The third-order valence-electron chi connectivity index (χ3n) is 3.08. The van der Waals surface area contributed by atoms with E-state index in [-0.39, 0.29) is 5.97 Å². The summed E-state index contributed by atoms with van der Waals surface area (Å²) in [5.74, 6) is -0.338. The van der Waals surface area contributed by atoms with Gasteiger partial charge in [0.25, 0.3) is 0 Å². The van der Waals surface area contributed by atoms with Gasteiger partial charge in [0.2, 0.25) is 0 Å². The zero-order valence-corrected chi connectivity index (χ0v) is 12.3. The maximum atomic E-state index is 12.0. The number of nitrogens with one attached hydrogen (secondary N) is 1. The Bertz CT molecular complexity index is 490. The van der Waals surface area contributed by atoms with E-state index < -0.39 is 5.60 Å². The van der Waals surface area contributed by atoms with Crippen molar-refractivity contribution in [2.45, 2.75) is 51.8 Å². The molecule has 0 saturated heterocycles. The van der Waals surface area contributed by atoms with Crippen LogP contribution in [-0.2, 0) is 11.3 Å². The average molecular weight is 279 g/mol. The zero-order chi connectivity index (χ0) is 14.8. The summed E-state index contributed by atoms with van der Waals surface area (Å²) < 4.78 is 5.36. The molecule has 5 nitrogen and oxygen atoms in total. The summed E-state index contributed by atoms with van der Waals surface area (Å²) >= 11 is 0. The van der Waals surface area contributed by atoms with Crippen molar-refractivity contribution in [1.82, 2.24) is 5.32 Å². The third kappa shape index (κ3) is 4.30. The third-order valence-corrected chi connectivity index (χ3v) is 3.08. The number of carbonyl (C=O) groups excluding carboxylic acids is 1. The maximum Gasteiger partial charge on any atom is 0.338 e. The van der Waals surface area contributed by atoms with Gasteiger partial charge in [-0.25, -0.2) is 10.0 Å². The molecule has 4 N–H and O–H groups in total. The smallest absolute Gasteiger partial charge is 0.338 e. The van der Waals surface area contributed by atoms with Crippen LogP contribution < -0.4 is 10.8 Å². The lowest BCUT2D eigenvalue weighted by atomic mass is 10.1. The number of hydrogen-bond donors (Lipinski definition) is 3. The Balaban J connectivity index is 2.12. The SMILES string of the molecule is CC(C)(C)OC(=O)c1ccc([NH2+]O)c(CNC2CC2)c1. The van der Waals surface area contributed by atoms with Crippen LogP contribution in [0.15, 0.2) is 18.2 Å². The van der Waals surface area contributed by atoms with Crippen molar-refractivity contribution in [3.8, 4) is 0 Å². The van der Waals surface area contributed by atoms with Crippen molar-refractivity contribution in [2.24, 2.45) is 0 Å². The number of nitrogens with two attached hydrogens (primary N) is 1. The Kier molecular flexibility index (Phi) is 4.42. The van der Waals surface area contributed by atoms with Crippen molar-refractivity contribution < 1.29 is 20.2 Å². The van der Waals surface area contributed by atoms with Crippen molar-refractivity contribution in [3.05, 3.63) is 29.3 Å². The number of esters is 1. The molecule has 0 spiro atoms. The van der Waals surface area contributed by atoms with Crippen molar-refractivity contribution in [2.75, 3.05) is 0 Å². The second-order valence-electron chi connectivity index (χ2n) is 6.20. The molecule has 1 aliphatic carbocycles. The van der Waals surface area contributed by atoms with Crippen LogP contribution in [0.2, 0.25) is 0 Å². The number of benzene rings is 1. The summed E-state index contributed by atoms with van der Waals surface area (Å²) in [6.45, 7) is 6.18. The highest BCUT2D eigenvalue weighted by atomic mass is 16.6. The predicted molar refractivity (Wildman–Crippen MR) is 74.8 cm³/mol. The highest BCUT2D eigenvalue weighted by Crippen LogP contribution is 2.21. The highest BCUT2D eigenvalue weighted by molar-refractivity contribution is 5.90. The number of hydrogen-bond acceptors (Lipinski definition) is 4. The first kappa shape index (κ1) is 15.0. The van der Waals surface area contributed by atoms with E-state index >= 15 is 0 Å². The largest absolute Gasteiger partial charge is 0.456 e. The van der Waals surface area contributed by atoms with E-state index in [2.05, 4.69) is 5.32 Å². The van der Waals surface area contributed by atoms with Crippen LogP contribution in [0.5, 0.6) is 0 Å². The fourth-order valence-corrected chi connectivity index (χ4v) is 1.89. The molecule has 110 valence electrons. The Morgan fingerprint density at radius 2 is 2.15 bits per heavy atom. The van der Waals surface area contributed by atoms with Gasteiger partial charge >= 0.3 is 5.97 Å². The van der Waals surface area contributed by atoms with Crippen LogP contribution in [0, 0.1) is 0 Å². The normalized spacial score (nSPS) is 15.2. The number of ether oxygens (including phenoxy) is 1. The summed E-state index contributed by atoms with van der Waals surface area (Å²) in [6.07, 6.45) is 2.40. The van der Waals surface area contributed by atoms with E-state index in [0.29, 0.717) is 18.2 Å². The standard InChI is InChI=1S/C15H22N2O3/c1-15(2,3)20-14(18)10-4-7-13(17-19)11(8-10)9-16-12-5-6-12/h4,7-8,12,16-17,19H,5-6,9H2,1-3H3/p+1.